The lowest BCUT2D eigenvalue weighted by molar-refractivity contribution is -0.132. The zero-order valence-corrected chi connectivity index (χ0v) is 18.6. The van der Waals surface area contributed by atoms with Gasteiger partial charge in [0.15, 0.2) is 0 Å². The minimum Gasteiger partial charge on any atom is -0.497 e. The normalized spacial score (nSPS) is 13.9. The van der Waals surface area contributed by atoms with Crippen molar-refractivity contribution in [1.82, 2.24) is 24.3 Å². The summed E-state index contributed by atoms with van der Waals surface area (Å²) in [6.07, 6.45) is 1.42. The molecule has 0 saturated carbocycles. The molecule has 2 aromatic heterocycles. The van der Waals surface area contributed by atoms with Gasteiger partial charge in [0.1, 0.15) is 30.0 Å². The second kappa shape index (κ2) is 8.97. The van der Waals surface area contributed by atoms with Crippen LogP contribution in [-0.2, 0) is 11.3 Å². The minimum atomic E-state index is -0.395. The van der Waals surface area contributed by atoms with Crippen LogP contribution in [0.15, 0.2) is 65.7 Å². The molecular formula is C24H23FN6O3. The summed E-state index contributed by atoms with van der Waals surface area (Å²) in [4.78, 5) is 29.4. The zero-order valence-electron chi connectivity index (χ0n) is 18.6. The van der Waals surface area contributed by atoms with Gasteiger partial charge in [0.05, 0.1) is 18.5 Å². The number of nitrogens with zero attached hydrogens (tertiary/aromatic N) is 6. The molecule has 1 saturated heterocycles. The van der Waals surface area contributed by atoms with Gasteiger partial charge >= 0.3 is 0 Å². The number of aromatic nitrogens is 4. The number of methoxy groups -OCH3 is 1. The summed E-state index contributed by atoms with van der Waals surface area (Å²) in [5, 5.41) is 8.55. The van der Waals surface area contributed by atoms with Gasteiger partial charge in [-0.15, -0.1) is 0 Å². The summed E-state index contributed by atoms with van der Waals surface area (Å²) in [6, 6.07) is 15.6. The first-order valence-electron chi connectivity index (χ1n) is 10.9. The number of para-hydroxylation sites is 1. The number of amides is 1. The molecule has 1 aliphatic heterocycles. The monoisotopic (exact) mass is 462 g/mol. The lowest BCUT2D eigenvalue weighted by Gasteiger charge is -2.36. The molecule has 2 aromatic carbocycles. The topological polar surface area (TPSA) is 85.0 Å². The smallest absolute Gasteiger partial charge is 0.293 e. The van der Waals surface area contributed by atoms with Gasteiger partial charge in [-0.3, -0.25) is 9.59 Å². The molecule has 0 spiro atoms. The molecule has 10 heteroatoms. The zero-order chi connectivity index (χ0) is 23.7. The van der Waals surface area contributed by atoms with Crippen molar-refractivity contribution in [3.63, 3.8) is 0 Å². The Morgan fingerprint density at radius 2 is 1.79 bits per heavy atom. The van der Waals surface area contributed by atoms with Gasteiger partial charge in [0.2, 0.25) is 5.91 Å². The Morgan fingerprint density at radius 1 is 1.06 bits per heavy atom. The molecule has 3 heterocycles. The number of hydrogen-bond donors (Lipinski definition) is 0. The van der Waals surface area contributed by atoms with Crippen LogP contribution in [0.5, 0.6) is 5.75 Å². The molecule has 5 rings (SSSR count). The number of benzene rings is 2. The largest absolute Gasteiger partial charge is 0.497 e. The van der Waals surface area contributed by atoms with E-state index in [1.54, 1.807) is 36.3 Å². The summed E-state index contributed by atoms with van der Waals surface area (Å²) in [7, 11) is 1.60. The van der Waals surface area contributed by atoms with Crippen LogP contribution in [-0.4, -0.2) is 63.5 Å². The number of piperazine rings is 1. The Balaban J connectivity index is 1.29. The van der Waals surface area contributed by atoms with Crippen LogP contribution in [0.4, 0.5) is 10.1 Å². The molecule has 34 heavy (non-hydrogen) atoms. The molecule has 4 aromatic rings. The van der Waals surface area contributed by atoms with Crippen molar-refractivity contribution in [2.24, 2.45) is 0 Å². The number of carbonyl (C=O) groups is 1. The van der Waals surface area contributed by atoms with Gasteiger partial charge in [-0.25, -0.2) is 13.6 Å². The van der Waals surface area contributed by atoms with Gasteiger partial charge in [-0.05, 0) is 42.5 Å². The molecule has 0 bridgehead atoms. The summed E-state index contributed by atoms with van der Waals surface area (Å²) >= 11 is 0. The maximum Gasteiger partial charge on any atom is 0.293 e. The highest BCUT2D eigenvalue weighted by atomic mass is 19.1. The Labute approximate surface area is 194 Å². The van der Waals surface area contributed by atoms with E-state index in [1.807, 2.05) is 29.2 Å². The summed E-state index contributed by atoms with van der Waals surface area (Å²) in [5.41, 5.74) is 1.92. The Morgan fingerprint density at radius 3 is 2.50 bits per heavy atom. The number of hydrogen-bond acceptors (Lipinski definition) is 6. The van der Waals surface area contributed by atoms with Crippen molar-refractivity contribution >= 4 is 17.1 Å². The maximum absolute atomic E-state index is 14.1. The van der Waals surface area contributed by atoms with E-state index in [0.717, 1.165) is 16.0 Å². The van der Waals surface area contributed by atoms with Crippen LogP contribution in [0.1, 0.15) is 0 Å². The number of halogens is 1. The molecule has 0 atom stereocenters. The van der Waals surface area contributed by atoms with Crippen LogP contribution < -0.4 is 15.2 Å². The first-order chi connectivity index (χ1) is 16.5. The van der Waals surface area contributed by atoms with Crippen LogP contribution in [0.3, 0.4) is 0 Å². The third-order valence-electron chi connectivity index (χ3n) is 5.99. The molecule has 1 amide bonds. The average molecular weight is 462 g/mol. The van der Waals surface area contributed by atoms with Gasteiger partial charge in [0, 0.05) is 31.7 Å². The quantitative estimate of drug-likeness (QED) is 0.451. The van der Waals surface area contributed by atoms with E-state index in [0.29, 0.717) is 43.1 Å². The Bertz CT molecular complexity index is 1390. The predicted molar refractivity (Wildman–Crippen MR) is 124 cm³/mol. The fraction of sp³-hybridized carbons (Fsp3) is 0.250. The van der Waals surface area contributed by atoms with Crippen molar-refractivity contribution in [1.29, 1.82) is 0 Å². The lowest BCUT2D eigenvalue weighted by atomic mass is 10.1. The van der Waals surface area contributed by atoms with E-state index in [9.17, 15) is 14.0 Å². The third-order valence-corrected chi connectivity index (χ3v) is 5.99. The predicted octanol–water partition coefficient (Wildman–Crippen LogP) is 2.05. The van der Waals surface area contributed by atoms with Gasteiger partial charge < -0.3 is 14.5 Å². The van der Waals surface area contributed by atoms with Gasteiger partial charge in [-0.1, -0.05) is 12.1 Å². The first kappa shape index (κ1) is 21.6. The maximum atomic E-state index is 14.1. The van der Waals surface area contributed by atoms with E-state index in [1.165, 1.54) is 16.9 Å². The van der Waals surface area contributed by atoms with Crippen LogP contribution in [0.2, 0.25) is 0 Å². The molecule has 0 N–H and O–H groups in total. The van der Waals surface area contributed by atoms with Gasteiger partial charge in [-0.2, -0.15) is 10.2 Å². The van der Waals surface area contributed by atoms with Crippen molar-refractivity contribution < 1.29 is 13.9 Å². The molecule has 1 aliphatic rings. The molecule has 9 nitrogen and oxygen atoms in total. The average Bonchev–Trinajstić information content (AvgIpc) is 3.31. The molecule has 0 unspecified atom stereocenters. The number of ether oxygens (including phenoxy) is 1. The van der Waals surface area contributed by atoms with Crippen LogP contribution in [0, 0.1) is 5.82 Å². The van der Waals surface area contributed by atoms with Crippen LogP contribution >= 0.6 is 0 Å². The van der Waals surface area contributed by atoms with Crippen molar-refractivity contribution in [2.45, 2.75) is 6.54 Å². The van der Waals surface area contributed by atoms with Crippen molar-refractivity contribution in [3.05, 3.63) is 77.1 Å². The number of fused-ring (bicyclic) bond motifs is 1. The van der Waals surface area contributed by atoms with E-state index in [4.69, 9.17) is 4.74 Å². The van der Waals surface area contributed by atoms with Crippen molar-refractivity contribution in [3.8, 4) is 17.0 Å². The first-order valence-corrected chi connectivity index (χ1v) is 10.9. The number of rotatable bonds is 5. The third kappa shape index (κ3) is 4.09. The second-order valence-corrected chi connectivity index (χ2v) is 8.00. The fourth-order valence-corrected chi connectivity index (χ4v) is 4.09. The highest BCUT2D eigenvalue weighted by molar-refractivity contribution is 5.76. The minimum absolute atomic E-state index is 0.169. The van der Waals surface area contributed by atoms with Crippen LogP contribution in [0.25, 0.3) is 16.8 Å². The second-order valence-electron chi connectivity index (χ2n) is 8.00. The van der Waals surface area contributed by atoms with E-state index in [-0.39, 0.29) is 18.3 Å². The SMILES string of the molecule is COc1ccc(-c2cc3c(=O)n(CC(=O)N4CCN(c5ccccc5F)CC4)ncn3n2)cc1. The number of anilines is 1. The number of carbonyl (C=O) groups excluding carboxylic acids is 1. The fourth-order valence-electron chi connectivity index (χ4n) is 4.09. The summed E-state index contributed by atoms with van der Waals surface area (Å²) < 4.78 is 21.8. The standard InChI is InChI=1S/C24H23FN6O3/c1-34-18-8-6-17(7-9-18)20-14-22-24(33)30(26-16-31(22)27-20)15-23(32)29-12-10-28(11-13-29)21-5-3-2-4-19(21)25/h2-9,14,16H,10-13,15H2,1H3. The van der Waals surface area contributed by atoms with E-state index < -0.39 is 5.56 Å². The van der Waals surface area contributed by atoms with Gasteiger partial charge in [0.25, 0.3) is 5.56 Å². The van der Waals surface area contributed by atoms with E-state index >= 15 is 0 Å². The van der Waals surface area contributed by atoms with E-state index in [2.05, 4.69) is 10.2 Å². The van der Waals surface area contributed by atoms with Crippen molar-refractivity contribution in [2.75, 3.05) is 38.2 Å². The molecule has 174 valence electrons. The molecule has 1 fully saturated rings. The Hall–Kier alpha value is -4.21. The highest BCUT2D eigenvalue weighted by Crippen LogP contribution is 2.22. The lowest BCUT2D eigenvalue weighted by Crippen LogP contribution is -2.50. The highest BCUT2D eigenvalue weighted by Gasteiger charge is 2.23. The molecular weight excluding hydrogens is 439 g/mol. The summed E-state index contributed by atoms with van der Waals surface area (Å²) in [5.74, 6) is 0.243. The molecule has 0 aliphatic carbocycles. The summed E-state index contributed by atoms with van der Waals surface area (Å²) in [6.45, 7) is 1.75. The Kier molecular flexibility index (Phi) is 5.70. The molecule has 0 radical (unpaired) electrons.